The molecule has 0 radical (unpaired) electrons. The van der Waals surface area contributed by atoms with Gasteiger partial charge < -0.3 is 15.3 Å². The molecule has 6 heteroatoms. The summed E-state index contributed by atoms with van der Waals surface area (Å²) in [6.45, 7) is 6.23. The van der Waals surface area contributed by atoms with Gasteiger partial charge in [-0.1, -0.05) is 0 Å². The van der Waals surface area contributed by atoms with Crippen molar-refractivity contribution >= 4 is 11.8 Å². The van der Waals surface area contributed by atoms with E-state index in [1.807, 2.05) is 32.3 Å². The maximum atomic E-state index is 9.81. The predicted octanol–water partition coefficient (Wildman–Crippen LogP) is 2.06. The average molecular weight is 313 g/mol. The quantitative estimate of drug-likeness (QED) is 0.900. The lowest BCUT2D eigenvalue weighted by Gasteiger charge is -2.31. The lowest BCUT2D eigenvalue weighted by Crippen LogP contribution is -2.38. The number of hydrogen-bond acceptors (Lipinski definition) is 6. The highest BCUT2D eigenvalue weighted by atomic mass is 16.3. The molecular formula is C17H23N5O. The molecule has 0 aliphatic carbocycles. The van der Waals surface area contributed by atoms with Crippen molar-refractivity contribution in [2.75, 3.05) is 23.3 Å². The molecule has 122 valence electrons. The second kappa shape index (κ2) is 6.91. The Morgan fingerprint density at radius 3 is 3.00 bits per heavy atom. The van der Waals surface area contributed by atoms with Crippen molar-refractivity contribution in [2.45, 2.75) is 39.3 Å². The van der Waals surface area contributed by atoms with Crippen LogP contribution in [0.1, 0.15) is 29.7 Å². The summed E-state index contributed by atoms with van der Waals surface area (Å²) >= 11 is 0. The zero-order valence-corrected chi connectivity index (χ0v) is 13.7. The van der Waals surface area contributed by atoms with Crippen molar-refractivity contribution in [3.63, 3.8) is 0 Å². The van der Waals surface area contributed by atoms with E-state index in [-0.39, 0.29) is 6.10 Å². The van der Waals surface area contributed by atoms with Crippen LogP contribution >= 0.6 is 0 Å². The van der Waals surface area contributed by atoms with E-state index in [9.17, 15) is 5.11 Å². The van der Waals surface area contributed by atoms with Gasteiger partial charge in [0.2, 0.25) is 5.95 Å². The van der Waals surface area contributed by atoms with Crippen molar-refractivity contribution in [1.82, 2.24) is 15.0 Å². The van der Waals surface area contributed by atoms with Crippen LogP contribution in [0.25, 0.3) is 0 Å². The molecule has 1 unspecified atom stereocenters. The molecule has 3 heterocycles. The molecule has 1 aliphatic heterocycles. The van der Waals surface area contributed by atoms with E-state index < -0.39 is 0 Å². The zero-order valence-electron chi connectivity index (χ0n) is 13.7. The van der Waals surface area contributed by atoms with Crippen molar-refractivity contribution in [3.05, 3.63) is 41.3 Å². The van der Waals surface area contributed by atoms with Crippen LogP contribution < -0.4 is 10.2 Å². The number of pyridine rings is 1. The first kappa shape index (κ1) is 15.7. The van der Waals surface area contributed by atoms with Gasteiger partial charge in [-0.25, -0.2) is 15.0 Å². The van der Waals surface area contributed by atoms with Crippen molar-refractivity contribution < 1.29 is 5.11 Å². The second-order valence-electron chi connectivity index (χ2n) is 6.08. The summed E-state index contributed by atoms with van der Waals surface area (Å²) in [5.74, 6) is 1.56. The lowest BCUT2D eigenvalue weighted by atomic mass is 10.1. The van der Waals surface area contributed by atoms with Crippen LogP contribution in [0, 0.1) is 13.8 Å². The zero-order chi connectivity index (χ0) is 16.2. The molecule has 2 aromatic heterocycles. The Morgan fingerprint density at radius 1 is 1.35 bits per heavy atom. The van der Waals surface area contributed by atoms with Crippen LogP contribution in [0.5, 0.6) is 0 Å². The van der Waals surface area contributed by atoms with Crippen LogP contribution in [0.2, 0.25) is 0 Å². The van der Waals surface area contributed by atoms with E-state index in [2.05, 4.69) is 31.2 Å². The highest BCUT2D eigenvalue weighted by Crippen LogP contribution is 2.19. The molecule has 2 N–H and O–H groups in total. The van der Waals surface area contributed by atoms with Gasteiger partial charge in [0.25, 0.3) is 0 Å². The minimum absolute atomic E-state index is 0.253. The normalized spacial score (nSPS) is 18.0. The number of hydrogen-bond donors (Lipinski definition) is 2. The number of aromatic nitrogens is 3. The number of aliphatic hydroxyl groups is 1. The van der Waals surface area contributed by atoms with Gasteiger partial charge >= 0.3 is 0 Å². The monoisotopic (exact) mass is 313 g/mol. The fourth-order valence-corrected chi connectivity index (χ4v) is 2.70. The molecule has 1 atom stereocenters. The predicted molar refractivity (Wildman–Crippen MR) is 90.5 cm³/mol. The summed E-state index contributed by atoms with van der Waals surface area (Å²) in [6, 6.07) is 4.05. The molecule has 6 nitrogen and oxygen atoms in total. The Bertz CT molecular complexity index is 676. The molecule has 0 saturated carbocycles. The van der Waals surface area contributed by atoms with E-state index >= 15 is 0 Å². The number of nitrogens with one attached hydrogen (secondary N) is 1. The first-order valence-corrected chi connectivity index (χ1v) is 8.04. The minimum atomic E-state index is -0.253. The lowest BCUT2D eigenvalue weighted by molar-refractivity contribution is 0.154. The first-order chi connectivity index (χ1) is 11.1. The third-order valence-electron chi connectivity index (χ3n) is 4.21. The van der Waals surface area contributed by atoms with Gasteiger partial charge in [0, 0.05) is 37.7 Å². The third-order valence-corrected chi connectivity index (χ3v) is 4.21. The number of β-amino-alcohol motifs (C(OH)–C–C–N with tert-alkyl or cyclic N) is 1. The number of aryl methyl sites for hydroxylation is 2. The molecule has 1 fully saturated rings. The number of rotatable bonds is 4. The smallest absolute Gasteiger partial charge is 0.223 e. The van der Waals surface area contributed by atoms with Crippen LogP contribution in [0.3, 0.4) is 0 Å². The van der Waals surface area contributed by atoms with Gasteiger partial charge in [-0.2, -0.15) is 0 Å². The molecule has 1 saturated heterocycles. The van der Waals surface area contributed by atoms with Gasteiger partial charge in [0.05, 0.1) is 6.10 Å². The maximum absolute atomic E-state index is 9.81. The maximum Gasteiger partial charge on any atom is 0.223 e. The van der Waals surface area contributed by atoms with Crippen LogP contribution in [-0.4, -0.2) is 39.3 Å². The van der Waals surface area contributed by atoms with E-state index in [4.69, 9.17) is 0 Å². The molecule has 23 heavy (non-hydrogen) atoms. The Balaban J connectivity index is 1.66. The number of piperidine rings is 1. The third kappa shape index (κ3) is 3.96. The van der Waals surface area contributed by atoms with E-state index in [0.717, 1.165) is 42.0 Å². The molecule has 2 aromatic rings. The number of anilines is 2. The van der Waals surface area contributed by atoms with Gasteiger partial charge in [0.15, 0.2) is 0 Å². The summed E-state index contributed by atoms with van der Waals surface area (Å²) in [5.41, 5.74) is 3.20. The second-order valence-corrected chi connectivity index (χ2v) is 6.08. The van der Waals surface area contributed by atoms with Crippen molar-refractivity contribution in [2.24, 2.45) is 0 Å². The Labute approximate surface area is 136 Å². The van der Waals surface area contributed by atoms with E-state index in [0.29, 0.717) is 19.0 Å². The summed E-state index contributed by atoms with van der Waals surface area (Å²) in [7, 11) is 0. The Hall–Kier alpha value is -2.21. The highest BCUT2D eigenvalue weighted by molar-refractivity contribution is 5.42. The summed E-state index contributed by atoms with van der Waals surface area (Å²) in [6.07, 6.45) is 5.27. The highest BCUT2D eigenvalue weighted by Gasteiger charge is 2.18. The summed E-state index contributed by atoms with van der Waals surface area (Å²) in [5, 5.41) is 13.1. The topological polar surface area (TPSA) is 74.2 Å². The fraction of sp³-hybridized carbons (Fsp3) is 0.471. The van der Waals surface area contributed by atoms with Gasteiger partial charge in [-0.15, -0.1) is 0 Å². The van der Waals surface area contributed by atoms with Gasteiger partial charge in [-0.05, 0) is 49.9 Å². The molecule has 1 aliphatic rings. The van der Waals surface area contributed by atoms with E-state index in [1.165, 1.54) is 0 Å². The Kier molecular flexibility index (Phi) is 4.71. The molecule has 0 aromatic carbocycles. The minimum Gasteiger partial charge on any atom is -0.391 e. The number of aliphatic hydroxyl groups excluding tert-OH is 1. The SMILES string of the molecule is Cc1cnc(NCc2ccnc(N3CCCC(O)C3)c2)nc1C. The summed E-state index contributed by atoms with van der Waals surface area (Å²) < 4.78 is 0. The van der Waals surface area contributed by atoms with Crippen LogP contribution in [0.15, 0.2) is 24.5 Å². The average Bonchev–Trinajstić information content (AvgIpc) is 2.56. The van der Waals surface area contributed by atoms with Crippen LogP contribution in [0.4, 0.5) is 11.8 Å². The Morgan fingerprint density at radius 2 is 2.22 bits per heavy atom. The van der Waals surface area contributed by atoms with Gasteiger partial charge in [-0.3, -0.25) is 0 Å². The van der Waals surface area contributed by atoms with Gasteiger partial charge in [0.1, 0.15) is 5.82 Å². The van der Waals surface area contributed by atoms with Crippen molar-refractivity contribution in [1.29, 1.82) is 0 Å². The molecule has 0 spiro atoms. The number of nitrogens with zero attached hydrogens (tertiary/aromatic N) is 4. The standard InChI is InChI=1S/C17H23N5O/c1-12-9-19-17(21-13(12)2)20-10-14-5-6-18-16(8-14)22-7-3-4-15(23)11-22/h5-6,8-9,15,23H,3-4,7,10-11H2,1-2H3,(H,19,20,21). The summed E-state index contributed by atoms with van der Waals surface area (Å²) in [4.78, 5) is 15.3. The molecule has 3 rings (SSSR count). The van der Waals surface area contributed by atoms with Crippen LogP contribution in [-0.2, 0) is 6.54 Å². The molecular weight excluding hydrogens is 290 g/mol. The van der Waals surface area contributed by atoms with Crippen molar-refractivity contribution in [3.8, 4) is 0 Å². The molecule has 0 bridgehead atoms. The largest absolute Gasteiger partial charge is 0.391 e. The van der Waals surface area contributed by atoms with E-state index in [1.54, 1.807) is 0 Å². The molecule has 0 amide bonds. The first-order valence-electron chi connectivity index (χ1n) is 8.04. The fourth-order valence-electron chi connectivity index (χ4n) is 2.70.